The molecule has 0 saturated carbocycles. The van der Waals surface area contributed by atoms with Gasteiger partial charge in [0.25, 0.3) is 0 Å². The number of nitrogens with one attached hydrogen (secondary N) is 1. The molecule has 0 radical (unpaired) electrons. The molecule has 0 aliphatic rings. The number of ether oxygens (including phenoxy) is 1. The average Bonchev–Trinajstić information content (AvgIpc) is 3.28. The van der Waals surface area contributed by atoms with Crippen LogP contribution in [0.5, 0.6) is 0 Å². The summed E-state index contributed by atoms with van der Waals surface area (Å²) in [5.41, 5.74) is 2.25. The van der Waals surface area contributed by atoms with Crippen molar-refractivity contribution < 1.29 is 13.9 Å². The van der Waals surface area contributed by atoms with Crippen molar-refractivity contribution in [2.24, 2.45) is 0 Å². The van der Waals surface area contributed by atoms with Crippen LogP contribution >= 0.6 is 11.3 Å². The topological polar surface area (TPSA) is 105 Å². The van der Waals surface area contributed by atoms with Gasteiger partial charge in [0, 0.05) is 22.7 Å². The van der Waals surface area contributed by atoms with Crippen molar-refractivity contribution in [3.05, 3.63) is 87.2 Å². The average molecular weight is 458 g/mol. The highest BCUT2D eigenvalue weighted by molar-refractivity contribution is 7.11. The molecule has 0 aliphatic carbocycles. The number of thiazole rings is 1. The predicted molar refractivity (Wildman–Crippen MR) is 128 cm³/mol. The van der Waals surface area contributed by atoms with Gasteiger partial charge in [-0.2, -0.15) is 5.26 Å². The van der Waals surface area contributed by atoms with Gasteiger partial charge in [-0.1, -0.05) is 18.2 Å². The van der Waals surface area contributed by atoms with Crippen LogP contribution in [0.3, 0.4) is 0 Å². The lowest BCUT2D eigenvalue weighted by Gasteiger charge is -2.08. The Morgan fingerprint density at radius 1 is 1.21 bits per heavy atom. The van der Waals surface area contributed by atoms with Crippen molar-refractivity contribution >= 4 is 39.5 Å². The van der Waals surface area contributed by atoms with E-state index in [4.69, 9.17) is 9.15 Å². The smallest absolute Gasteiger partial charge is 0.345 e. The fraction of sp³-hybridized carbons (Fsp3) is 0.120. The van der Waals surface area contributed by atoms with Gasteiger partial charge in [0.15, 0.2) is 0 Å². The van der Waals surface area contributed by atoms with E-state index in [1.807, 2.05) is 12.1 Å². The summed E-state index contributed by atoms with van der Waals surface area (Å²) in [5, 5.41) is 15.6. The fourth-order valence-corrected chi connectivity index (χ4v) is 3.83. The molecule has 33 heavy (non-hydrogen) atoms. The van der Waals surface area contributed by atoms with E-state index >= 15 is 0 Å². The number of anilines is 1. The number of aromatic nitrogens is 1. The lowest BCUT2D eigenvalue weighted by molar-refractivity contribution is 0.0378. The normalized spacial score (nSPS) is 11.4. The first-order chi connectivity index (χ1) is 15.9. The summed E-state index contributed by atoms with van der Waals surface area (Å²) in [6, 6.07) is 17.8. The number of carbonyl (C=O) groups excluding carboxylic acids is 1. The molecule has 164 valence electrons. The summed E-state index contributed by atoms with van der Waals surface area (Å²) in [4.78, 5) is 28.8. The third-order valence-corrected chi connectivity index (χ3v) is 5.49. The van der Waals surface area contributed by atoms with Gasteiger partial charge >= 0.3 is 11.6 Å². The maximum Gasteiger partial charge on any atom is 0.345 e. The molecule has 0 fully saturated rings. The first kappa shape index (κ1) is 22.0. The van der Waals surface area contributed by atoms with Crippen LogP contribution in [-0.4, -0.2) is 17.1 Å². The molecule has 0 saturated heterocycles. The molecule has 2 heterocycles. The third-order valence-electron chi connectivity index (χ3n) is 4.62. The monoisotopic (exact) mass is 457 g/mol. The van der Waals surface area contributed by atoms with Crippen LogP contribution in [-0.2, 0) is 4.74 Å². The zero-order valence-electron chi connectivity index (χ0n) is 17.9. The van der Waals surface area contributed by atoms with Crippen LogP contribution in [0.1, 0.15) is 29.2 Å². The third kappa shape index (κ3) is 5.00. The van der Waals surface area contributed by atoms with E-state index in [9.17, 15) is 14.9 Å². The number of rotatable bonds is 6. The van der Waals surface area contributed by atoms with E-state index in [2.05, 4.69) is 16.4 Å². The number of para-hydroxylation sites is 1. The molecule has 0 bridgehead atoms. The number of esters is 1. The van der Waals surface area contributed by atoms with Gasteiger partial charge in [-0.15, -0.1) is 11.3 Å². The van der Waals surface area contributed by atoms with E-state index in [0.29, 0.717) is 38.7 Å². The molecule has 2 aromatic heterocycles. The van der Waals surface area contributed by atoms with Crippen molar-refractivity contribution in [2.75, 3.05) is 5.32 Å². The maximum absolute atomic E-state index is 12.4. The number of allylic oxidation sites excluding steroid dienone is 1. The SMILES string of the molecule is CC(C)OC(=O)c1ccc(N/C=C(\C#N)c2nc(-c3cc4ccccc4oc3=O)cs2)cc1. The van der Waals surface area contributed by atoms with Gasteiger partial charge in [-0.3, -0.25) is 0 Å². The van der Waals surface area contributed by atoms with E-state index in [1.165, 1.54) is 17.5 Å². The second kappa shape index (κ2) is 9.51. The number of fused-ring (bicyclic) bond motifs is 1. The summed E-state index contributed by atoms with van der Waals surface area (Å²) >= 11 is 1.25. The molecule has 2 aromatic carbocycles. The number of carbonyl (C=O) groups is 1. The van der Waals surface area contributed by atoms with Gasteiger partial charge < -0.3 is 14.5 Å². The summed E-state index contributed by atoms with van der Waals surface area (Å²) in [6.07, 6.45) is 1.34. The molecule has 1 N–H and O–H groups in total. The Morgan fingerprint density at radius 3 is 2.70 bits per heavy atom. The minimum Gasteiger partial charge on any atom is -0.459 e. The second-order valence-electron chi connectivity index (χ2n) is 7.37. The van der Waals surface area contributed by atoms with Crippen LogP contribution in [0.2, 0.25) is 0 Å². The highest BCUT2D eigenvalue weighted by atomic mass is 32.1. The Bertz CT molecular complexity index is 1440. The number of nitrogens with zero attached hydrogens (tertiary/aromatic N) is 2. The zero-order valence-corrected chi connectivity index (χ0v) is 18.7. The molecule has 4 aromatic rings. The lowest BCUT2D eigenvalue weighted by atomic mass is 10.1. The zero-order chi connectivity index (χ0) is 23.4. The van der Waals surface area contributed by atoms with Gasteiger partial charge in [0.2, 0.25) is 0 Å². The number of nitriles is 1. The quantitative estimate of drug-likeness (QED) is 0.233. The number of hydrogen-bond donors (Lipinski definition) is 1. The Kier molecular flexibility index (Phi) is 6.33. The van der Waals surface area contributed by atoms with Gasteiger partial charge in [-0.25, -0.2) is 14.6 Å². The van der Waals surface area contributed by atoms with Crippen molar-refractivity contribution in [1.82, 2.24) is 4.98 Å². The highest BCUT2D eigenvalue weighted by Gasteiger charge is 2.14. The molecule has 8 heteroatoms. The Labute approximate surface area is 193 Å². The van der Waals surface area contributed by atoms with Gasteiger partial charge in [0.1, 0.15) is 22.2 Å². The van der Waals surface area contributed by atoms with Gasteiger partial charge in [0.05, 0.1) is 22.9 Å². The second-order valence-corrected chi connectivity index (χ2v) is 8.23. The van der Waals surface area contributed by atoms with Crippen LogP contribution in [0, 0.1) is 11.3 Å². The highest BCUT2D eigenvalue weighted by Crippen LogP contribution is 2.26. The van der Waals surface area contributed by atoms with Gasteiger partial charge in [-0.05, 0) is 50.2 Å². The Hall–Kier alpha value is -4.22. The van der Waals surface area contributed by atoms with Crippen molar-refractivity contribution in [3.63, 3.8) is 0 Å². The largest absolute Gasteiger partial charge is 0.459 e. The van der Waals surface area contributed by atoms with Crippen LogP contribution in [0.4, 0.5) is 5.69 Å². The van der Waals surface area contributed by atoms with Crippen molar-refractivity contribution in [3.8, 4) is 17.3 Å². The standard InChI is InChI=1S/C25H19N3O4S/c1-15(2)31-24(29)16-7-9-19(10-8-16)27-13-18(12-26)23-28-21(14-33-23)20-11-17-5-3-4-6-22(17)32-25(20)30/h3-11,13-15,27H,1-2H3/b18-13+. The van der Waals surface area contributed by atoms with E-state index < -0.39 is 11.6 Å². The molecular weight excluding hydrogens is 438 g/mol. The first-order valence-corrected chi connectivity index (χ1v) is 11.0. The van der Waals surface area contributed by atoms with Crippen molar-refractivity contribution in [2.45, 2.75) is 20.0 Å². The predicted octanol–water partition coefficient (Wildman–Crippen LogP) is 5.46. The van der Waals surface area contributed by atoms with Crippen LogP contribution in [0.25, 0.3) is 27.8 Å². The van der Waals surface area contributed by atoms with E-state index in [-0.39, 0.29) is 6.10 Å². The molecule has 0 unspecified atom stereocenters. The summed E-state index contributed by atoms with van der Waals surface area (Å²) in [5.74, 6) is -0.390. The molecule has 0 spiro atoms. The maximum atomic E-state index is 12.4. The van der Waals surface area contributed by atoms with E-state index in [0.717, 1.165) is 5.39 Å². The molecular formula is C25H19N3O4S. The fourth-order valence-electron chi connectivity index (χ4n) is 3.04. The summed E-state index contributed by atoms with van der Waals surface area (Å²) in [6.45, 7) is 3.58. The van der Waals surface area contributed by atoms with E-state index in [1.54, 1.807) is 61.7 Å². The molecule has 0 aliphatic heterocycles. The molecule has 7 nitrogen and oxygen atoms in total. The van der Waals surface area contributed by atoms with Crippen LogP contribution in [0.15, 0.2) is 75.4 Å². The molecule has 4 rings (SSSR count). The minimum absolute atomic E-state index is 0.194. The summed E-state index contributed by atoms with van der Waals surface area (Å²) in [7, 11) is 0. The minimum atomic E-state index is -0.484. The summed E-state index contributed by atoms with van der Waals surface area (Å²) < 4.78 is 10.6. The molecule has 0 amide bonds. The number of hydrogen-bond acceptors (Lipinski definition) is 8. The lowest BCUT2D eigenvalue weighted by Crippen LogP contribution is -2.11. The molecule has 0 atom stereocenters. The van der Waals surface area contributed by atoms with Crippen molar-refractivity contribution in [1.29, 1.82) is 5.26 Å². The Balaban J connectivity index is 1.54. The Morgan fingerprint density at radius 2 is 1.97 bits per heavy atom. The number of benzene rings is 2. The van der Waals surface area contributed by atoms with Crippen LogP contribution < -0.4 is 10.9 Å². The first-order valence-electron chi connectivity index (χ1n) is 10.1.